The summed E-state index contributed by atoms with van der Waals surface area (Å²) in [6.45, 7) is 1.30. The fourth-order valence-electron chi connectivity index (χ4n) is 1.48. The molecular formula is C7H17ClN2O2S. The fraction of sp³-hybridized carbons (Fsp3) is 1.00. The van der Waals surface area contributed by atoms with Gasteiger partial charge in [-0.1, -0.05) is 0 Å². The summed E-state index contributed by atoms with van der Waals surface area (Å²) >= 11 is 0. The minimum Gasteiger partial charge on any atom is -0.316 e. The van der Waals surface area contributed by atoms with Gasteiger partial charge in [0.15, 0.2) is 0 Å². The first-order valence-corrected chi connectivity index (χ1v) is 6.01. The molecule has 6 heteroatoms. The summed E-state index contributed by atoms with van der Waals surface area (Å²) in [7, 11) is -1.10. The standard InChI is InChI=1S/C7H16N2O2S.ClH/c1-8-7-4-3-5-9(6-7)12(2,10)11;/h7-8H,3-6H2,1-2H3;1H. The second-order valence-corrected chi connectivity index (χ2v) is 5.23. The molecule has 1 atom stereocenters. The van der Waals surface area contributed by atoms with Crippen LogP contribution in [0, 0.1) is 0 Å². The van der Waals surface area contributed by atoms with Crippen molar-refractivity contribution in [2.45, 2.75) is 18.9 Å². The average molecular weight is 229 g/mol. The Hall–Kier alpha value is 0.160. The lowest BCUT2D eigenvalue weighted by Gasteiger charge is -2.30. The van der Waals surface area contributed by atoms with E-state index in [2.05, 4.69) is 5.32 Å². The molecule has 80 valence electrons. The smallest absolute Gasteiger partial charge is 0.211 e. The third-order valence-corrected chi connectivity index (χ3v) is 3.53. The first kappa shape index (κ1) is 13.2. The zero-order valence-corrected chi connectivity index (χ0v) is 9.62. The molecule has 0 aromatic rings. The van der Waals surface area contributed by atoms with E-state index in [-0.39, 0.29) is 12.4 Å². The lowest BCUT2D eigenvalue weighted by Crippen LogP contribution is -2.46. The third-order valence-electron chi connectivity index (χ3n) is 2.26. The number of rotatable bonds is 2. The Morgan fingerprint density at radius 2 is 2.08 bits per heavy atom. The highest BCUT2D eigenvalue weighted by Crippen LogP contribution is 2.12. The van der Waals surface area contributed by atoms with Gasteiger partial charge in [0.1, 0.15) is 0 Å². The van der Waals surface area contributed by atoms with Gasteiger partial charge in [-0.15, -0.1) is 12.4 Å². The van der Waals surface area contributed by atoms with E-state index >= 15 is 0 Å². The van der Waals surface area contributed by atoms with Gasteiger partial charge in [-0.25, -0.2) is 12.7 Å². The van der Waals surface area contributed by atoms with Crippen molar-refractivity contribution in [3.63, 3.8) is 0 Å². The Kier molecular flexibility index (Phi) is 5.21. The van der Waals surface area contributed by atoms with Crippen molar-refractivity contribution in [2.75, 3.05) is 26.4 Å². The Morgan fingerprint density at radius 3 is 2.54 bits per heavy atom. The molecule has 0 saturated carbocycles. The fourth-order valence-corrected chi connectivity index (χ4v) is 2.39. The van der Waals surface area contributed by atoms with Gasteiger partial charge in [0, 0.05) is 19.1 Å². The van der Waals surface area contributed by atoms with Gasteiger partial charge in [0.2, 0.25) is 10.0 Å². The molecule has 0 aliphatic carbocycles. The highest BCUT2D eigenvalue weighted by atomic mass is 35.5. The van der Waals surface area contributed by atoms with Gasteiger partial charge < -0.3 is 5.32 Å². The van der Waals surface area contributed by atoms with Crippen molar-refractivity contribution >= 4 is 22.4 Å². The van der Waals surface area contributed by atoms with Crippen LogP contribution in [0.4, 0.5) is 0 Å². The quantitative estimate of drug-likeness (QED) is 0.727. The maximum absolute atomic E-state index is 11.1. The van der Waals surface area contributed by atoms with Crippen LogP contribution >= 0.6 is 12.4 Å². The number of nitrogens with zero attached hydrogens (tertiary/aromatic N) is 1. The van der Waals surface area contributed by atoms with Crippen molar-refractivity contribution in [2.24, 2.45) is 0 Å². The molecule has 4 nitrogen and oxygen atoms in total. The summed E-state index contributed by atoms with van der Waals surface area (Å²) in [5.41, 5.74) is 0. The molecule has 1 unspecified atom stereocenters. The van der Waals surface area contributed by atoms with Crippen LogP contribution in [0.5, 0.6) is 0 Å². The summed E-state index contributed by atoms with van der Waals surface area (Å²) < 4.78 is 23.8. The van der Waals surface area contributed by atoms with Crippen molar-refractivity contribution < 1.29 is 8.42 Å². The first-order chi connectivity index (χ1) is 5.54. The zero-order valence-electron chi connectivity index (χ0n) is 7.99. The summed E-state index contributed by atoms with van der Waals surface area (Å²) in [6.07, 6.45) is 3.30. The molecule has 0 aromatic heterocycles. The van der Waals surface area contributed by atoms with Gasteiger partial charge >= 0.3 is 0 Å². The number of halogens is 1. The first-order valence-electron chi connectivity index (χ1n) is 4.16. The maximum Gasteiger partial charge on any atom is 0.211 e. The van der Waals surface area contributed by atoms with Crippen LogP contribution in [0.1, 0.15) is 12.8 Å². The largest absolute Gasteiger partial charge is 0.316 e. The van der Waals surface area contributed by atoms with E-state index in [4.69, 9.17) is 0 Å². The molecular weight excluding hydrogens is 212 g/mol. The normalized spacial score (nSPS) is 25.2. The minimum atomic E-state index is -2.98. The van der Waals surface area contributed by atoms with Crippen LogP contribution in [-0.2, 0) is 10.0 Å². The van der Waals surface area contributed by atoms with Crippen molar-refractivity contribution in [1.29, 1.82) is 0 Å². The summed E-state index contributed by atoms with van der Waals surface area (Å²) in [6, 6.07) is 0.327. The molecule has 0 spiro atoms. The highest BCUT2D eigenvalue weighted by molar-refractivity contribution is 7.88. The minimum absolute atomic E-state index is 0. The van der Waals surface area contributed by atoms with Crippen molar-refractivity contribution in [3.05, 3.63) is 0 Å². The molecule has 1 heterocycles. The van der Waals surface area contributed by atoms with E-state index in [1.165, 1.54) is 10.6 Å². The number of hydrogen-bond donors (Lipinski definition) is 1. The topological polar surface area (TPSA) is 49.4 Å². The molecule has 1 fully saturated rings. The van der Waals surface area contributed by atoms with Gasteiger partial charge in [-0.3, -0.25) is 0 Å². The van der Waals surface area contributed by atoms with E-state index in [0.29, 0.717) is 19.1 Å². The number of likely N-dealkylation sites (N-methyl/N-ethyl adjacent to an activating group) is 1. The van der Waals surface area contributed by atoms with E-state index in [1.54, 1.807) is 0 Å². The number of nitrogens with one attached hydrogen (secondary N) is 1. The predicted octanol–water partition coefficient (Wildman–Crippen LogP) is 0.0516. The van der Waals surface area contributed by atoms with E-state index in [9.17, 15) is 8.42 Å². The van der Waals surface area contributed by atoms with E-state index in [0.717, 1.165) is 12.8 Å². The summed E-state index contributed by atoms with van der Waals surface area (Å²) in [5.74, 6) is 0. The lowest BCUT2D eigenvalue weighted by atomic mass is 10.1. The molecule has 1 N–H and O–H groups in total. The van der Waals surface area contributed by atoms with Gasteiger partial charge in [-0.2, -0.15) is 0 Å². The van der Waals surface area contributed by atoms with Crippen LogP contribution in [0.15, 0.2) is 0 Å². The van der Waals surface area contributed by atoms with Crippen LogP contribution < -0.4 is 5.32 Å². The zero-order chi connectivity index (χ0) is 9.19. The van der Waals surface area contributed by atoms with Crippen LogP contribution in [0.25, 0.3) is 0 Å². The molecule has 0 radical (unpaired) electrons. The molecule has 0 amide bonds. The SMILES string of the molecule is CNC1CCCN(S(C)(=O)=O)C1.Cl. The maximum atomic E-state index is 11.1. The second-order valence-electron chi connectivity index (χ2n) is 3.25. The summed E-state index contributed by atoms with van der Waals surface area (Å²) in [5, 5.41) is 3.10. The van der Waals surface area contributed by atoms with Gasteiger partial charge in [0.25, 0.3) is 0 Å². The highest BCUT2D eigenvalue weighted by Gasteiger charge is 2.24. The van der Waals surface area contributed by atoms with Crippen LogP contribution in [0.3, 0.4) is 0 Å². The van der Waals surface area contributed by atoms with E-state index < -0.39 is 10.0 Å². The van der Waals surface area contributed by atoms with Gasteiger partial charge in [0.05, 0.1) is 6.26 Å². The number of piperidine rings is 1. The molecule has 1 aliphatic rings. The Labute approximate surface area is 86.1 Å². The molecule has 1 aliphatic heterocycles. The summed E-state index contributed by atoms with van der Waals surface area (Å²) in [4.78, 5) is 0. The number of hydrogen-bond acceptors (Lipinski definition) is 3. The van der Waals surface area contributed by atoms with Crippen molar-refractivity contribution in [1.82, 2.24) is 9.62 Å². The second kappa shape index (κ2) is 5.14. The number of sulfonamides is 1. The Balaban J connectivity index is 0.00000144. The molecule has 0 bridgehead atoms. The van der Waals surface area contributed by atoms with Crippen LogP contribution in [0.2, 0.25) is 0 Å². The predicted molar refractivity (Wildman–Crippen MR) is 55.7 cm³/mol. The Bertz CT molecular complexity index is 243. The lowest BCUT2D eigenvalue weighted by molar-refractivity contribution is 0.294. The molecule has 0 aromatic carbocycles. The molecule has 13 heavy (non-hydrogen) atoms. The monoisotopic (exact) mass is 228 g/mol. The third kappa shape index (κ3) is 3.81. The average Bonchev–Trinajstić information content (AvgIpc) is 2.03. The molecule has 1 saturated heterocycles. The van der Waals surface area contributed by atoms with Gasteiger partial charge in [-0.05, 0) is 19.9 Å². The van der Waals surface area contributed by atoms with E-state index in [1.807, 2.05) is 7.05 Å². The van der Waals surface area contributed by atoms with Crippen LogP contribution in [-0.4, -0.2) is 45.2 Å². The van der Waals surface area contributed by atoms with Crippen molar-refractivity contribution in [3.8, 4) is 0 Å². The molecule has 1 rings (SSSR count). The Morgan fingerprint density at radius 1 is 1.46 bits per heavy atom.